The van der Waals surface area contributed by atoms with E-state index in [0.29, 0.717) is 11.4 Å². The maximum atomic E-state index is 12.7. The van der Waals surface area contributed by atoms with Gasteiger partial charge in [0.25, 0.3) is 0 Å². The van der Waals surface area contributed by atoms with E-state index in [2.05, 4.69) is 21.2 Å². The molecule has 7 nitrogen and oxygen atoms in total. The molecule has 3 N–H and O–H groups in total. The van der Waals surface area contributed by atoms with Gasteiger partial charge in [0.05, 0.1) is 17.5 Å². The van der Waals surface area contributed by atoms with Gasteiger partial charge in [-0.15, -0.1) is 0 Å². The van der Waals surface area contributed by atoms with Gasteiger partial charge in [-0.1, -0.05) is 39.0 Å². The van der Waals surface area contributed by atoms with Crippen molar-refractivity contribution in [3.05, 3.63) is 29.8 Å². The Hall–Kier alpha value is -2.70. The number of anilines is 1. The van der Waals surface area contributed by atoms with Gasteiger partial charge in [-0.3, -0.25) is 14.4 Å². The Kier molecular flexibility index (Phi) is 5.28. The standard InChI is InChI=1S/C21H28N4O3/c1-6-12(4)18(26)23-14-10-8-7-9-13(14)17-21(5)15(19(27)22-11(2)3)16(21)20(28)25-24-17/h7-12,15-16H,6H2,1-5H3,(H,22,27)(H,23,26)(H,25,28)/t12?,15-,16+,21+/m0/s1. The van der Waals surface area contributed by atoms with Crippen molar-refractivity contribution in [2.45, 2.75) is 47.1 Å². The van der Waals surface area contributed by atoms with Crippen LogP contribution >= 0.6 is 0 Å². The molecule has 1 aromatic carbocycles. The highest BCUT2D eigenvalue weighted by Crippen LogP contribution is 2.62. The summed E-state index contributed by atoms with van der Waals surface area (Å²) < 4.78 is 0. The van der Waals surface area contributed by atoms with Crippen LogP contribution in [0.1, 0.15) is 46.6 Å². The van der Waals surface area contributed by atoms with Crippen molar-refractivity contribution in [2.75, 3.05) is 5.32 Å². The number of hydrazone groups is 1. The molecule has 3 rings (SSSR count). The lowest BCUT2D eigenvalue weighted by Gasteiger charge is -2.22. The molecule has 0 aromatic heterocycles. The lowest BCUT2D eigenvalue weighted by atomic mass is 9.89. The summed E-state index contributed by atoms with van der Waals surface area (Å²) in [6.45, 7) is 9.51. The lowest BCUT2D eigenvalue weighted by molar-refractivity contribution is -0.127. The molecule has 0 bridgehead atoms. The van der Waals surface area contributed by atoms with E-state index < -0.39 is 17.3 Å². The Balaban J connectivity index is 1.95. The third-order valence-electron chi connectivity index (χ3n) is 5.80. The molecule has 1 unspecified atom stereocenters. The van der Waals surface area contributed by atoms with Crippen molar-refractivity contribution in [1.29, 1.82) is 0 Å². The van der Waals surface area contributed by atoms with Gasteiger partial charge in [0, 0.05) is 28.6 Å². The summed E-state index contributed by atoms with van der Waals surface area (Å²) >= 11 is 0. The van der Waals surface area contributed by atoms with E-state index >= 15 is 0 Å². The highest BCUT2D eigenvalue weighted by Gasteiger charge is 2.72. The minimum atomic E-state index is -0.696. The third kappa shape index (κ3) is 3.30. The lowest BCUT2D eigenvalue weighted by Crippen LogP contribution is -2.35. The fourth-order valence-corrected chi connectivity index (χ4v) is 3.92. The summed E-state index contributed by atoms with van der Waals surface area (Å²) in [7, 11) is 0. The molecule has 1 aliphatic carbocycles. The monoisotopic (exact) mass is 384 g/mol. The summed E-state index contributed by atoms with van der Waals surface area (Å²) in [5, 5.41) is 10.2. The summed E-state index contributed by atoms with van der Waals surface area (Å²) in [4.78, 5) is 37.4. The van der Waals surface area contributed by atoms with E-state index in [0.717, 1.165) is 12.0 Å². The van der Waals surface area contributed by atoms with Crippen LogP contribution in [0.3, 0.4) is 0 Å². The number of carbonyl (C=O) groups is 3. The molecule has 3 amide bonds. The number of rotatable bonds is 6. The molecule has 150 valence electrons. The van der Waals surface area contributed by atoms with Crippen LogP contribution in [0.25, 0.3) is 0 Å². The predicted octanol–water partition coefficient (Wildman–Crippen LogP) is 2.28. The van der Waals surface area contributed by atoms with Crippen molar-refractivity contribution in [3.8, 4) is 0 Å². The van der Waals surface area contributed by atoms with E-state index in [-0.39, 0.29) is 29.7 Å². The molecule has 1 aromatic rings. The van der Waals surface area contributed by atoms with Gasteiger partial charge < -0.3 is 10.6 Å². The average molecular weight is 384 g/mol. The zero-order chi connectivity index (χ0) is 20.6. The fourth-order valence-electron chi connectivity index (χ4n) is 3.92. The number of fused-ring (bicyclic) bond motifs is 1. The Morgan fingerprint density at radius 2 is 1.93 bits per heavy atom. The Morgan fingerprint density at radius 1 is 1.25 bits per heavy atom. The van der Waals surface area contributed by atoms with Crippen LogP contribution in [0.2, 0.25) is 0 Å². The number of para-hydroxylation sites is 1. The molecule has 28 heavy (non-hydrogen) atoms. The van der Waals surface area contributed by atoms with Gasteiger partial charge in [-0.05, 0) is 26.3 Å². The summed E-state index contributed by atoms with van der Waals surface area (Å²) in [5.41, 5.74) is 3.85. The van der Waals surface area contributed by atoms with Crippen LogP contribution in [-0.2, 0) is 14.4 Å². The van der Waals surface area contributed by atoms with Crippen LogP contribution in [0.4, 0.5) is 5.69 Å². The van der Waals surface area contributed by atoms with E-state index in [4.69, 9.17) is 0 Å². The first-order chi connectivity index (χ1) is 13.2. The van der Waals surface area contributed by atoms with Crippen molar-refractivity contribution in [3.63, 3.8) is 0 Å². The maximum absolute atomic E-state index is 12.7. The molecule has 2 aliphatic rings. The SMILES string of the molecule is CCC(C)C(=O)Nc1ccccc1C1=NNC(=O)[C@H]2[C@@H](C(=O)NC(C)C)[C@@]12C. The highest BCUT2D eigenvalue weighted by molar-refractivity contribution is 6.19. The predicted molar refractivity (Wildman–Crippen MR) is 108 cm³/mol. The van der Waals surface area contributed by atoms with E-state index in [9.17, 15) is 14.4 Å². The number of benzene rings is 1. The number of hydrogen-bond acceptors (Lipinski definition) is 4. The van der Waals surface area contributed by atoms with E-state index in [1.165, 1.54) is 0 Å². The average Bonchev–Trinajstić information content (AvgIpc) is 3.29. The molecule has 0 saturated heterocycles. The summed E-state index contributed by atoms with van der Waals surface area (Å²) in [6, 6.07) is 7.37. The second-order valence-electron chi connectivity index (χ2n) is 8.18. The number of hydrogen-bond donors (Lipinski definition) is 3. The Morgan fingerprint density at radius 3 is 2.57 bits per heavy atom. The first-order valence-electron chi connectivity index (χ1n) is 9.80. The summed E-state index contributed by atoms with van der Waals surface area (Å²) in [5.74, 6) is -1.51. The Labute approximate surface area is 165 Å². The molecule has 7 heteroatoms. The van der Waals surface area contributed by atoms with Crippen molar-refractivity contribution >= 4 is 29.1 Å². The van der Waals surface area contributed by atoms with Crippen molar-refractivity contribution in [2.24, 2.45) is 28.3 Å². The molecule has 0 spiro atoms. The molecular formula is C21H28N4O3. The topological polar surface area (TPSA) is 99.7 Å². The van der Waals surface area contributed by atoms with Gasteiger partial charge in [-0.25, -0.2) is 5.43 Å². The highest BCUT2D eigenvalue weighted by atomic mass is 16.2. The second-order valence-corrected chi connectivity index (χ2v) is 8.18. The minimum Gasteiger partial charge on any atom is -0.354 e. The smallest absolute Gasteiger partial charge is 0.245 e. The number of amides is 3. The fraction of sp³-hybridized carbons (Fsp3) is 0.524. The van der Waals surface area contributed by atoms with Crippen LogP contribution in [0, 0.1) is 23.2 Å². The van der Waals surface area contributed by atoms with Crippen LogP contribution in [-0.4, -0.2) is 29.5 Å². The van der Waals surface area contributed by atoms with Crippen molar-refractivity contribution < 1.29 is 14.4 Å². The van der Waals surface area contributed by atoms with Gasteiger partial charge in [0.15, 0.2) is 0 Å². The molecular weight excluding hydrogens is 356 g/mol. The van der Waals surface area contributed by atoms with E-state index in [1.54, 1.807) is 0 Å². The maximum Gasteiger partial charge on any atom is 0.245 e. The minimum absolute atomic E-state index is 0.00990. The van der Waals surface area contributed by atoms with Gasteiger partial charge in [-0.2, -0.15) is 5.10 Å². The Bertz CT molecular complexity index is 848. The largest absolute Gasteiger partial charge is 0.354 e. The first-order valence-corrected chi connectivity index (χ1v) is 9.80. The van der Waals surface area contributed by atoms with E-state index in [1.807, 2.05) is 58.9 Å². The van der Waals surface area contributed by atoms with Crippen LogP contribution < -0.4 is 16.1 Å². The zero-order valence-electron chi connectivity index (χ0n) is 17.0. The van der Waals surface area contributed by atoms with Crippen LogP contribution in [0.15, 0.2) is 29.4 Å². The molecule has 4 atom stereocenters. The molecule has 0 radical (unpaired) electrons. The normalized spacial score (nSPS) is 26.6. The number of nitrogens with one attached hydrogen (secondary N) is 3. The van der Waals surface area contributed by atoms with Gasteiger partial charge in [0.1, 0.15) is 0 Å². The quantitative estimate of drug-likeness (QED) is 0.701. The first kappa shape index (κ1) is 20.0. The second kappa shape index (κ2) is 7.37. The van der Waals surface area contributed by atoms with Gasteiger partial charge in [0.2, 0.25) is 17.7 Å². The number of carbonyl (C=O) groups excluding carboxylic acids is 3. The molecule has 1 aliphatic heterocycles. The van der Waals surface area contributed by atoms with Crippen molar-refractivity contribution in [1.82, 2.24) is 10.7 Å². The third-order valence-corrected chi connectivity index (χ3v) is 5.80. The zero-order valence-corrected chi connectivity index (χ0v) is 17.0. The molecule has 1 fully saturated rings. The number of nitrogens with zero attached hydrogens (tertiary/aromatic N) is 1. The van der Waals surface area contributed by atoms with Gasteiger partial charge >= 0.3 is 0 Å². The molecule has 1 saturated carbocycles. The molecule has 1 heterocycles. The van der Waals surface area contributed by atoms with Crippen LogP contribution in [0.5, 0.6) is 0 Å². The summed E-state index contributed by atoms with van der Waals surface area (Å²) in [6.07, 6.45) is 0.738.